The highest BCUT2D eigenvalue weighted by Gasteiger charge is 2.30. The Bertz CT molecular complexity index is 1420. The number of halogens is 2. The van der Waals surface area contributed by atoms with E-state index in [2.05, 4.69) is 10.3 Å². The molecule has 4 aromatic rings. The number of carbonyl (C=O) groups is 1. The third-order valence-corrected chi connectivity index (χ3v) is 6.57. The third-order valence-electron chi connectivity index (χ3n) is 6.57. The molecule has 0 spiro atoms. The van der Waals surface area contributed by atoms with Crippen LogP contribution in [0.25, 0.3) is 17.0 Å². The van der Waals surface area contributed by atoms with Gasteiger partial charge in [-0.25, -0.2) is 23.3 Å². The van der Waals surface area contributed by atoms with Crippen molar-refractivity contribution in [3.8, 4) is 11.4 Å². The lowest BCUT2D eigenvalue weighted by atomic mass is 10.0. The average molecular weight is 476 g/mol. The zero-order valence-corrected chi connectivity index (χ0v) is 18.9. The van der Waals surface area contributed by atoms with E-state index in [1.165, 1.54) is 12.1 Å². The Morgan fingerprint density at radius 2 is 1.94 bits per heavy atom. The molecule has 8 nitrogen and oxygen atoms in total. The number of carbonyl (C=O) groups excluding carboxylic acids is 1. The molecule has 0 radical (unpaired) electrons. The van der Waals surface area contributed by atoms with Crippen LogP contribution in [0, 0.1) is 11.6 Å². The Balaban J connectivity index is 1.36. The number of amides is 1. The van der Waals surface area contributed by atoms with Gasteiger partial charge in [-0.05, 0) is 55.3 Å². The molecule has 0 saturated carbocycles. The van der Waals surface area contributed by atoms with Crippen LogP contribution < -0.4 is 15.1 Å². The van der Waals surface area contributed by atoms with E-state index in [0.717, 1.165) is 12.5 Å². The van der Waals surface area contributed by atoms with Crippen LogP contribution in [0.3, 0.4) is 0 Å². The maximum atomic E-state index is 14.5. The molecule has 2 aliphatic heterocycles. The Hall–Kier alpha value is -4.08. The van der Waals surface area contributed by atoms with Crippen molar-refractivity contribution in [3.63, 3.8) is 0 Å². The number of hydrogen-bond donors (Lipinski definition) is 1. The normalized spacial score (nSPS) is 18.3. The van der Waals surface area contributed by atoms with Crippen molar-refractivity contribution in [1.82, 2.24) is 24.9 Å². The monoisotopic (exact) mass is 475 g/mol. The van der Waals surface area contributed by atoms with Gasteiger partial charge in [0.15, 0.2) is 5.65 Å². The number of nitrogens with one attached hydrogen (secondary N) is 1. The molecule has 3 aromatic heterocycles. The molecule has 6 rings (SSSR count). The summed E-state index contributed by atoms with van der Waals surface area (Å²) in [5.41, 5.74) is 2.38. The first-order chi connectivity index (χ1) is 17.1. The van der Waals surface area contributed by atoms with E-state index >= 15 is 0 Å². The largest absolute Gasteiger partial charge is 0.353 e. The number of rotatable bonds is 4. The van der Waals surface area contributed by atoms with Crippen LogP contribution in [0.5, 0.6) is 0 Å². The highest BCUT2D eigenvalue weighted by Crippen LogP contribution is 2.37. The number of pyridine rings is 1. The van der Waals surface area contributed by atoms with Gasteiger partial charge in [0.25, 0.3) is 0 Å². The smallest absolute Gasteiger partial charge is 0.239 e. The Morgan fingerprint density at radius 1 is 1.03 bits per heavy atom. The predicted molar refractivity (Wildman–Crippen MR) is 127 cm³/mol. The van der Waals surface area contributed by atoms with E-state index in [1.807, 2.05) is 40.1 Å². The zero-order valence-electron chi connectivity index (χ0n) is 18.9. The number of imidazole rings is 1. The van der Waals surface area contributed by atoms with Crippen LogP contribution in [-0.4, -0.2) is 51.7 Å². The number of nitrogens with zero attached hydrogens (tertiary/aromatic N) is 6. The van der Waals surface area contributed by atoms with Gasteiger partial charge < -0.3 is 15.1 Å². The van der Waals surface area contributed by atoms with Gasteiger partial charge in [-0.3, -0.25) is 4.79 Å². The second-order valence-electron chi connectivity index (χ2n) is 8.77. The van der Waals surface area contributed by atoms with Crippen molar-refractivity contribution in [2.45, 2.75) is 18.9 Å². The Labute approximate surface area is 200 Å². The van der Waals surface area contributed by atoms with E-state index in [1.54, 1.807) is 10.7 Å². The quantitative estimate of drug-likeness (QED) is 0.488. The van der Waals surface area contributed by atoms with Crippen molar-refractivity contribution >= 4 is 23.2 Å². The van der Waals surface area contributed by atoms with E-state index in [0.29, 0.717) is 60.3 Å². The van der Waals surface area contributed by atoms with Gasteiger partial charge in [-0.2, -0.15) is 0 Å². The van der Waals surface area contributed by atoms with Gasteiger partial charge in [-0.1, -0.05) is 6.07 Å². The van der Waals surface area contributed by atoms with E-state index in [4.69, 9.17) is 10.1 Å². The number of fused-ring (bicyclic) bond motifs is 1. The number of anilines is 2. The molecular weight excluding hydrogens is 452 g/mol. The van der Waals surface area contributed by atoms with Crippen molar-refractivity contribution in [1.29, 1.82) is 0 Å². The fraction of sp³-hybridized carbons (Fsp3) is 0.280. The summed E-state index contributed by atoms with van der Waals surface area (Å²) >= 11 is 0. The molecule has 5 heterocycles. The summed E-state index contributed by atoms with van der Waals surface area (Å²) in [6.07, 6.45) is 3.28. The fourth-order valence-electron chi connectivity index (χ4n) is 4.90. The molecule has 10 heteroatoms. The van der Waals surface area contributed by atoms with Crippen LogP contribution in [0.4, 0.5) is 20.4 Å². The first-order valence-electron chi connectivity index (χ1n) is 11.6. The van der Waals surface area contributed by atoms with Crippen LogP contribution in [-0.2, 0) is 4.79 Å². The molecule has 35 heavy (non-hydrogen) atoms. The number of piperazine rings is 1. The lowest BCUT2D eigenvalue weighted by Gasteiger charge is -2.27. The lowest BCUT2D eigenvalue weighted by molar-refractivity contribution is -0.120. The van der Waals surface area contributed by atoms with Crippen LogP contribution in [0.2, 0.25) is 0 Å². The predicted octanol–water partition coefficient (Wildman–Crippen LogP) is 3.35. The van der Waals surface area contributed by atoms with E-state index < -0.39 is 11.6 Å². The molecular formula is C25H23F2N7O. The highest BCUT2D eigenvalue weighted by molar-refractivity contribution is 5.82. The minimum absolute atomic E-state index is 0.0283. The molecule has 1 N–H and O–H groups in total. The SMILES string of the molecule is O=C1CN(c2cccc(-c3cnc4ccc(N5CCCC5c5cc(F)ccc5F)nn34)n2)CCN1. The maximum Gasteiger partial charge on any atom is 0.239 e. The summed E-state index contributed by atoms with van der Waals surface area (Å²) in [5, 5.41) is 7.64. The minimum Gasteiger partial charge on any atom is -0.353 e. The Morgan fingerprint density at radius 3 is 2.83 bits per heavy atom. The summed E-state index contributed by atoms with van der Waals surface area (Å²) in [5.74, 6) is 0.474. The van der Waals surface area contributed by atoms with Crippen molar-refractivity contribution in [2.24, 2.45) is 0 Å². The molecule has 178 valence electrons. The average Bonchev–Trinajstić information content (AvgIpc) is 3.52. The van der Waals surface area contributed by atoms with Crippen molar-refractivity contribution < 1.29 is 13.6 Å². The van der Waals surface area contributed by atoms with Crippen molar-refractivity contribution in [2.75, 3.05) is 36.0 Å². The summed E-state index contributed by atoms with van der Waals surface area (Å²) in [6, 6.07) is 12.7. The van der Waals surface area contributed by atoms with E-state index in [9.17, 15) is 13.6 Å². The summed E-state index contributed by atoms with van der Waals surface area (Å²) in [7, 11) is 0. The second kappa shape index (κ2) is 8.61. The van der Waals surface area contributed by atoms with Gasteiger partial charge in [0, 0.05) is 25.2 Å². The van der Waals surface area contributed by atoms with Gasteiger partial charge in [0.2, 0.25) is 5.91 Å². The number of hydrogen-bond acceptors (Lipinski definition) is 6. The van der Waals surface area contributed by atoms with Crippen LogP contribution in [0.15, 0.2) is 54.7 Å². The maximum absolute atomic E-state index is 14.5. The van der Waals surface area contributed by atoms with Crippen LogP contribution >= 0.6 is 0 Å². The summed E-state index contributed by atoms with van der Waals surface area (Å²) in [6.45, 7) is 2.21. The molecule has 2 fully saturated rings. The zero-order chi connectivity index (χ0) is 23.9. The molecule has 1 unspecified atom stereocenters. The minimum atomic E-state index is -0.453. The van der Waals surface area contributed by atoms with Gasteiger partial charge in [-0.15, -0.1) is 5.10 Å². The summed E-state index contributed by atoms with van der Waals surface area (Å²) in [4.78, 5) is 25.0. The summed E-state index contributed by atoms with van der Waals surface area (Å²) < 4.78 is 30.2. The third kappa shape index (κ3) is 3.94. The molecule has 0 aliphatic carbocycles. The van der Waals surface area contributed by atoms with Gasteiger partial charge in [0.05, 0.1) is 24.5 Å². The molecule has 1 amide bonds. The highest BCUT2D eigenvalue weighted by atomic mass is 19.1. The molecule has 1 atom stereocenters. The van der Waals surface area contributed by atoms with E-state index in [-0.39, 0.29) is 18.5 Å². The molecule has 0 bridgehead atoms. The molecule has 1 aromatic carbocycles. The first-order valence-corrected chi connectivity index (χ1v) is 11.6. The molecule has 2 saturated heterocycles. The Kier molecular flexibility index (Phi) is 5.28. The second-order valence-corrected chi connectivity index (χ2v) is 8.77. The number of benzene rings is 1. The lowest BCUT2D eigenvalue weighted by Crippen LogP contribution is -2.48. The van der Waals surface area contributed by atoms with Gasteiger partial charge >= 0.3 is 0 Å². The fourth-order valence-corrected chi connectivity index (χ4v) is 4.90. The molecule has 2 aliphatic rings. The van der Waals surface area contributed by atoms with Gasteiger partial charge in [0.1, 0.15) is 29.0 Å². The van der Waals surface area contributed by atoms with Crippen molar-refractivity contribution in [3.05, 3.63) is 71.9 Å². The topological polar surface area (TPSA) is 78.7 Å². The van der Waals surface area contributed by atoms with Crippen LogP contribution in [0.1, 0.15) is 24.4 Å². The first kappa shape index (κ1) is 21.5. The number of aromatic nitrogens is 4. The standard InChI is InChI=1S/C25H23F2N7O/c26-16-6-7-18(27)17(13-16)20-4-2-11-33(20)24-9-8-22-29-14-21(34(22)31-24)19-3-1-5-23(30-19)32-12-10-28-25(35)15-32/h1,3,5-9,13-14,20H,2,4,10-12,15H2,(H,28,35).